The number of para-hydroxylation sites is 3. The van der Waals surface area contributed by atoms with Gasteiger partial charge in [-0.2, -0.15) is 5.26 Å². The Hall–Kier alpha value is -7.39. The van der Waals surface area contributed by atoms with E-state index < -0.39 is 0 Å². The molecule has 5 nitrogen and oxygen atoms in total. The van der Waals surface area contributed by atoms with E-state index in [1.165, 1.54) is 0 Å². The first-order valence-electron chi connectivity index (χ1n) is 16.2. The summed E-state index contributed by atoms with van der Waals surface area (Å²) in [6.07, 6.45) is 0. The number of rotatable bonds is 4. The van der Waals surface area contributed by atoms with E-state index in [0.29, 0.717) is 16.9 Å². The summed E-state index contributed by atoms with van der Waals surface area (Å²) in [4.78, 5) is 7.69. The lowest BCUT2D eigenvalue weighted by Gasteiger charge is -2.18. The molecule has 230 valence electrons. The fraction of sp³-hybridized carbons (Fsp3) is 0. The Balaban J connectivity index is 1.24. The molecule has 50 heavy (non-hydrogen) atoms. The fourth-order valence-corrected chi connectivity index (χ4v) is 7.44. The average Bonchev–Trinajstić information content (AvgIpc) is 3.69. The van der Waals surface area contributed by atoms with E-state index in [1.54, 1.807) is 0 Å². The van der Waals surface area contributed by atoms with Gasteiger partial charge in [-0.1, -0.05) is 91.0 Å². The van der Waals surface area contributed by atoms with Crippen molar-refractivity contribution in [3.63, 3.8) is 0 Å². The molecule has 0 spiro atoms. The van der Waals surface area contributed by atoms with Gasteiger partial charge in [-0.05, 0) is 88.3 Å². The van der Waals surface area contributed by atoms with Crippen molar-refractivity contribution < 1.29 is 0 Å². The Morgan fingerprint density at radius 3 is 1.86 bits per heavy atom. The predicted molar refractivity (Wildman–Crippen MR) is 203 cm³/mol. The summed E-state index contributed by atoms with van der Waals surface area (Å²) >= 11 is 0. The van der Waals surface area contributed by atoms with Gasteiger partial charge in [0.25, 0.3) is 0 Å². The second-order valence-electron chi connectivity index (χ2n) is 12.2. The molecule has 9 rings (SSSR count). The number of benzene rings is 7. The second kappa shape index (κ2) is 11.4. The van der Waals surface area contributed by atoms with Crippen molar-refractivity contribution >= 4 is 55.0 Å². The predicted octanol–water partition coefficient (Wildman–Crippen LogP) is 12.2. The van der Waals surface area contributed by atoms with Gasteiger partial charge < -0.3 is 9.13 Å². The maximum absolute atomic E-state index is 9.67. The van der Waals surface area contributed by atoms with Crippen LogP contribution in [0.4, 0.5) is 11.4 Å². The molecule has 0 amide bonds. The van der Waals surface area contributed by atoms with Gasteiger partial charge in [-0.25, -0.2) is 9.69 Å². The Morgan fingerprint density at radius 1 is 0.500 bits per heavy atom. The largest absolute Gasteiger partial charge is 0.309 e. The van der Waals surface area contributed by atoms with Crippen molar-refractivity contribution in [3.05, 3.63) is 180 Å². The zero-order valence-corrected chi connectivity index (χ0v) is 26.7. The van der Waals surface area contributed by atoms with Gasteiger partial charge in [0.15, 0.2) is 11.4 Å². The van der Waals surface area contributed by atoms with Crippen molar-refractivity contribution in [3.8, 4) is 39.7 Å². The summed E-state index contributed by atoms with van der Waals surface area (Å²) in [6, 6.07) is 53.3. The SMILES string of the molecule is [C-]#[N+]c1ccc2c(c1)c1ccccc1n2-c1ccc(-c2cccc([N+]#[C-])c2-c2ccccc2-n2c3ccccc3c3cc(C#N)ccc32)cc1. The fourth-order valence-electron chi connectivity index (χ4n) is 7.44. The summed E-state index contributed by atoms with van der Waals surface area (Å²) in [5.41, 5.74) is 11.7. The van der Waals surface area contributed by atoms with Crippen molar-refractivity contribution in [2.75, 3.05) is 0 Å². The van der Waals surface area contributed by atoms with E-state index in [-0.39, 0.29) is 0 Å². The summed E-state index contributed by atoms with van der Waals surface area (Å²) in [5, 5.41) is 13.9. The number of nitrogens with zero attached hydrogens (tertiary/aromatic N) is 5. The first kappa shape index (κ1) is 28.8. The third-order valence-corrected chi connectivity index (χ3v) is 9.60. The number of aromatic nitrogens is 2. The van der Waals surface area contributed by atoms with Crippen molar-refractivity contribution in [2.24, 2.45) is 0 Å². The molecule has 0 aliphatic rings. The maximum atomic E-state index is 9.67. The van der Waals surface area contributed by atoms with Gasteiger partial charge in [-0.15, -0.1) is 0 Å². The molecule has 2 aromatic heterocycles. The quantitative estimate of drug-likeness (QED) is 0.177. The van der Waals surface area contributed by atoms with Crippen LogP contribution in [-0.4, -0.2) is 9.13 Å². The maximum Gasteiger partial charge on any atom is 0.195 e. The molecular weight excluding hydrogens is 611 g/mol. The molecule has 0 aliphatic heterocycles. The topological polar surface area (TPSA) is 42.4 Å². The average molecular weight is 636 g/mol. The number of hydrogen-bond donors (Lipinski definition) is 0. The second-order valence-corrected chi connectivity index (χ2v) is 12.2. The number of nitriles is 1. The van der Waals surface area contributed by atoms with Crippen molar-refractivity contribution in [2.45, 2.75) is 0 Å². The zero-order valence-electron chi connectivity index (χ0n) is 26.7. The molecular formula is C45H25N5. The minimum Gasteiger partial charge on any atom is -0.309 e. The van der Waals surface area contributed by atoms with Gasteiger partial charge in [0.1, 0.15) is 0 Å². The zero-order chi connectivity index (χ0) is 33.8. The smallest absolute Gasteiger partial charge is 0.195 e. The molecule has 7 aromatic carbocycles. The normalized spacial score (nSPS) is 11.1. The van der Waals surface area contributed by atoms with Crippen LogP contribution in [0.2, 0.25) is 0 Å². The van der Waals surface area contributed by atoms with Gasteiger partial charge in [0.2, 0.25) is 0 Å². The molecule has 0 fully saturated rings. The van der Waals surface area contributed by atoms with Gasteiger partial charge in [-0.3, -0.25) is 0 Å². The van der Waals surface area contributed by atoms with E-state index in [2.05, 4.69) is 91.6 Å². The van der Waals surface area contributed by atoms with Crippen LogP contribution in [0.15, 0.2) is 152 Å². The highest BCUT2D eigenvalue weighted by Gasteiger charge is 2.20. The minimum absolute atomic E-state index is 0.574. The molecule has 0 N–H and O–H groups in total. The van der Waals surface area contributed by atoms with E-state index in [1.807, 2.05) is 84.9 Å². The van der Waals surface area contributed by atoms with Gasteiger partial charge >= 0.3 is 0 Å². The number of hydrogen-bond acceptors (Lipinski definition) is 1. The monoisotopic (exact) mass is 635 g/mol. The number of fused-ring (bicyclic) bond motifs is 6. The molecule has 0 radical (unpaired) electrons. The molecule has 0 saturated carbocycles. The van der Waals surface area contributed by atoms with E-state index in [4.69, 9.17) is 13.1 Å². The Kier molecular flexibility index (Phi) is 6.56. The van der Waals surface area contributed by atoms with Crippen LogP contribution in [0.3, 0.4) is 0 Å². The third-order valence-electron chi connectivity index (χ3n) is 9.60. The molecule has 0 saturated heterocycles. The van der Waals surface area contributed by atoms with Crippen LogP contribution in [0, 0.1) is 24.5 Å². The molecule has 2 heterocycles. The third kappa shape index (κ3) is 4.31. The standard InChI is InChI=1S/C45H25N5/c1-47-31-21-25-43-38(27-31)35-11-3-6-15-40(35)49(43)32-22-19-30(20-23-32)33-13-9-14-39(48-2)45(33)36-12-5-8-17-42(36)50-41-16-7-4-10-34(41)37-26-29(28-46)18-24-44(37)50/h3-27H. The van der Waals surface area contributed by atoms with Crippen LogP contribution >= 0.6 is 0 Å². The Bertz CT molecular complexity index is 2960. The lowest BCUT2D eigenvalue weighted by atomic mass is 9.92. The molecule has 5 heteroatoms. The van der Waals surface area contributed by atoms with Crippen LogP contribution in [0.1, 0.15) is 5.56 Å². The lowest BCUT2D eigenvalue weighted by molar-refractivity contribution is 1.18. The van der Waals surface area contributed by atoms with Gasteiger partial charge in [0.05, 0.1) is 52.5 Å². The molecule has 0 unspecified atom stereocenters. The highest BCUT2D eigenvalue weighted by atomic mass is 15.0. The first-order valence-corrected chi connectivity index (χ1v) is 16.2. The summed E-state index contributed by atoms with van der Waals surface area (Å²) < 4.78 is 4.49. The van der Waals surface area contributed by atoms with Crippen molar-refractivity contribution in [1.29, 1.82) is 5.26 Å². The van der Waals surface area contributed by atoms with Gasteiger partial charge in [0, 0.05) is 21.8 Å². The summed E-state index contributed by atoms with van der Waals surface area (Å²) in [5.74, 6) is 0. The van der Waals surface area contributed by atoms with E-state index >= 15 is 0 Å². The summed E-state index contributed by atoms with van der Waals surface area (Å²) in [7, 11) is 0. The molecule has 9 aromatic rings. The highest BCUT2D eigenvalue weighted by molar-refractivity contribution is 6.11. The van der Waals surface area contributed by atoms with Crippen LogP contribution in [0.5, 0.6) is 0 Å². The van der Waals surface area contributed by atoms with Crippen LogP contribution in [0.25, 0.3) is 86.9 Å². The highest BCUT2D eigenvalue weighted by Crippen LogP contribution is 2.44. The Labute approximate surface area is 288 Å². The van der Waals surface area contributed by atoms with Crippen LogP contribution < -0.4 is 0 Å². The molecule has 0 atom stereocenters. The lowest BCUT2D eigenvalue weighted by Crippen LogP contribution is -1.98. The molecule has 0 aliphatic carbocycles. The summed E-state index contributed by atoms with van der Waals surface area (Å²) in [6.45, 7) is 15.8. The first-order chi connectivity index (χ1) is 24.7. The van der Waals surface area contributed by atoms with E-state index in [0.717, 1.165) is 77.2 Å². The van der Waals surface area contributed by atoms with Crippen LogP contribution in [-0.2, 0) is 0 Å². The van der Waals surface area contributed by atoms with E-state index in [9.17, 15) is 5.26 Å². The van der Waals surface area contributed by atoms with Crippen molar-refractivity contribution in [1.82, 2.24) is 9.13 Å². The molecule has 0 bridgehead atoms. The minimum atomic E-state index is 0.574. The Morgan fingerprint density at radius 2 is 1.12 bits per heavy atom.